The summed E-state index contributed by atoms with van der Waals surface area (Å²) in [6.45, 7) is 4.44. The van der Waals surface area contributed by atoms with Crippen molar-refractivity contribution in [2.75, 3.05) is 6.54 Å². The minimum absolute atomic E-state index is 0.262. The molecule has 1 aliphatic heterocycles. The van der Waals surface area contributed by atoms with Crippen LogP contribution in [0.3, 0.4) is 0 Å². The van der Waals surface area contributed by atoms with Crippen LogP contribution in [0.15, 0.2) is 22.8 Å². The van der Waals surface area contributed by atoms with Gasteiger partial charge >= 0.3 is 5.97 Å². The lowest BCUT2D eigenvalue weighted by molar-refractivity contribution is -0.141. The van der Waals surface area contributed by atoms with E-state index in [0.717, 1.165) is 22.9 Å². The van der Waals surface area contributed by atoms with Crippen molar-refractivity contribution in [3.8, 4) is 0 Å². The van der Waals surface area contributed by atoms with E-state index in [-0.39, 0.29) is 5.91 Å². The molecule has 0 spiro atoms. The van der Waals surface area contributed by atoms with Crippen molar-refractivity contribution in [2.24, 2.45) is 0 Å². The van der Waals surface area contributed by atoms with Crippen LogP contribution in [0, 0.1) is 13.8 Å². The lowest BCUT2D eigenvalue weighted by atomic mass is 10.0. The number of carboxylic acid groups (broad SMARTS) is 1. The first-order valence-corrected chi connectivity index (χ1v) is 7.01. The summed E-state index contributed by atoms with van der Waals surface area (Å²) in [5, 5.41) is 9.96. The molecule has 1 saturated heterocycles. The van der Waals surface area contributed by atoms with E-state index in [2.05, 4.69) is 0 Å². The average Bonchev–Trinajstić information content (AvgIpc) is 3.05. The number of carboxylic acids is 1. The minimum atomic E-state index is -0.944. The molecular formula is C16H17NO4. The van der Waals surface area contributed by atoms with Crippen LogP contribution in [-0.4, -0.2) is 34.5 Å². The zero-order chi connectivity index (χ0) is 15.1. The van der Waals surface area contributed by atoms with Gasteiger partial charge in [-0.15, -0.1) is 0 Å². The summed E-state index contributed by atoms with van der Waals surface area (Å²) in [7, 11) is 0. The second-order valence-corrected chi connectivity index (χ2v) is 5.58. The molecule has 5 heteroatoms. The Balaban J connectivity index is 2.02. The first-order chi connectivity index (χ1) is 9.99. The third-order valence-electron chi connectivity index (χ3n) is 4.22. The molecule has 110 valence electrons. The second-order valence-electron chi connectivity index (χ2n) is 5.58. The summed E-state index contributed by atoms with van der Waals surface area (Å²) in [5.74, 6) is -1.21. The second kappa shape index (κ2) is 4.91. The highest BCUT2D eigenvalue weighted by molar-refractivity contribution is 6.07. The SMILES string of the molecule is Cc1cc2occ(C(=O)N3CCC[C@@H]3C(=O)O)c2cc1C. The van der Waals surface area contributed by atoms with Gasteiger partial charge in [0.1, 0.15) is 17.9 Å². The van der Waals surface area contributed by atoms with Crippen LogP contribution < -0.4 is 0 Å². The predicted octanol–water partition coefficient (Wildman–Crippen LogP) is 2.74. The Hall–Kier alpha value is -2.30. The van der Waals surface area contributed by atoms with Gasteiger partial charge in [-0.3, -0.25) is 4.79 Å². The van der Waals surface area contributed by atoms with Gasteiger partial charge in [-0.25, -0.2) is 4.79 Å². The van der Waals surface area contributed by atoms with Gasteiger partial charge in [-0.2, -0.15) is 0 Å². The smallest absolute Gasteiger partial charge is 0.326 e. The number of benzene rings is 1. The summed E-state index contributed by atoms with van der Waals surface area (Å²) < 4.78 is 5.47. The van der Waals surface area contributed by atoms with Crippen molar-refractivity contribution < 1.29 is 19.1 Å². The van der Waals surface area contributed by atoms with Gasteiger partial charge in [0.05, 0.1) is 5.56 Å². The van der Waals surface area contributed by atoms with E-state index >= 15 is 0 Å². The molecule has 0 bridgehead atoms. The van der Waals surface area contributed by atoms with E-state index in [0.29, 0.717) is 24.1 Å². The van der Waals surface area contributed by atoms with Crippen molar-refractivity contribution in [3.63, 3.8) is 0 Å². The summed E-state index contributed by atoms with van der Waals surface area (Å²) in [6.07, 6.45) is 2.66. The van der Waals surface area contributed by atoms with E-state index in [1.54, 1.807) is 0 Å². The molecule has 5 nitrogen and oxygen atoms in total. The Morgan fingerprint density at radius 3 is 2.71 bits per heavy atom. The fourth-order valence-corrected chi connectivity index (χ4v) is 2.87. The molecule has 1 amide bonds. The molecule has 1 aromatic heterocycles. The lowest BCUT2D eigenvalue weighted by Crippen LogP contribution is -2.40. The normalized spacial score (nSPS) is 18.4. The molecule has 3 rings (SSSR count). The van der Waals surface area contributed by atoms with E-state index in [9.17, 15) is 14.7 Å². The number of aryl methyl sites for hydroxylation is 2. The van der Waals surface area contributed by atoms with Gasteiger partial charge in [0, 0.05) is 11.9 Å². The number of fused-ring (bicyclic) bond motifs is 1. The molecule has 0 unspecified atom stereocenters. The molecule has 1 N–H and O–H groups in total. The van der Waals surface area contributed by atoms with E-state index in [4.69, 9.17) is 4.42 Å². The van der Waals surface area contributed by atoms with Crippen molar-refractivity contribution in [1.82, 2.24) is 4.90 Å². The molecule has 1 atom stereocenters. The summed E-state index contributed by atoms with van der Waals surface area (Å²) >= 11 is 0. The van der Waals surface area contributed by atoms with Crippen molar-refractivity contribution in [2.45, 2.75) is 32.7 Å². The van der Waals surface area contributed by atoms with Crippen molar-refractivity contribution in [3.05, 3.63) is 35.1 Å². The Bertz CT molecular complexity index is 731. The van der Waals surface area contributed by atoms with Crippen LogP contribution in [0.4, 0.5) is 0 Å². The standard InChI is InChI=1S/C16H17NO4/c1-9-6-11-12(8-21-14(11)7-10(9)2)15(18)17-5-3-4-13(17)16(19)20/h6-8,13H,3-5H2,1-2H3,(H,19,20)/t13-/m1/s1. The zero-order valence-electron chi connectivity index (χ0n) is 12.0. The topological polar surface area (TPSA) is 70.8 Å². The average molecular weight is 287 g/mol. The summed E-state index contributed by atoms with van der Waals surface area (Å²) in [6, 6.07) is 3.10. The largest absolute Gasteiger partial charge is 0.480 e. The van der Waals surface area contributed by atoms with Gasteiger partial charge in [-0.1, -0.05) is 0 Å². The van der Waals surface area contributed by atoms with Crippen LogP contribution >= 0.6 is 0 Å². The van der Waals surface area contributed by atoms with Crippen LogP contribution in [0.2, 0.25) is 0 Å². The van der Waals surface area contributed by atoms with E-state index in [1.165, 1.54) is 11.2 Å². The van der Waals surface area contributed by atoms with Crippen molar-refractivity contribution in [1.29, 1.82) is 0 Å². The molecule has 0 radical (unpaired) electrons. The maximum absolute atomic E-state index is 12.6. The number of furan rings is 1. The first kappa shape index (κ1) is 13.7. The fourth-order valence-electron chi connectivity index (χ4n) is 2.87. The maximum atomic E-state index is 12.6. The molecular weight excluding hydrogens is 270 g/mol. The third-order valence-corrected chi connectivity index (χ3v) is 4.22. The summed E-state index contributed by atoms with van der Waals surface area (Å²) in [4.78, 5) is 25.3. The number of hydrogen-bond acceptors (Lipinski definition) is 3. The number of hydrogen-bond donors (Lipinski definition) is 1. The van der Waals surface area contributed by atoms with Crippen molar-refractivity contribution >= 4 is 22.8 Å². The summed E-state index contributed by atoms with van der Waals surface area (Å²) in [5.41, 5.74) is 3.28. The highest BCUT2D eigenvalue weighted by Gasteiger charge is 2.35. The monoisotopic (exact) mass is 287 g/mol. The zero-order valence-corrected chi connectivity index (χ0v) is 12.0. The van der Waals surface area contributed by atoms with Gasteiger partial charge < -0.3 is 14.4 Å². The molecule has 0 saturated carbocycles. The van der Waals surface area contributed by atoms with Gasteiger partial charge in [-0.05, 0) is 49.9 Å². The first-order valence-electron chi connectivity index (χ1n) is 7.01. The molecule has 0 aliphatic carbocycles. The quantitative estimate of drug-likeness (QED) is 0.922. The molecule has 1 aromatic carbocycles. The highest BCUT2D eigenvalue weighted by Crippen LogP contribution is 2.28. The third kappa shape index (κ3) is 2.18. The molecule has 1 fully saturated rings. The Labute approximate surface area is 122 Å². The lowest BCUT2D eigenvalue weighted by Gasteiger charge is -2.20. The minimum Gasteiger partial charge on any atom is -0.480 e. The number of nitrogens with zero attached hydrogens (tertiary/aromatic N) is 1. The van der Waals surface area contributed by atoms with Crippen LogP contribution in [0.1, 0.15) is 34.3 Å². The molecule has 2 aromatic rings. The van der Waals surface area contributed by atoms with E-state index in [1.807, 2.05) is 26.0 Å². The molecule has 1 aliphatic rings. The van der Waals surface area contributed by atoms with Gasteiger partial charge in [0.2, 0.25) is 0 Å². The fraction of sp³-hybridized carbons (Fsp3) is 0.375. The number of carbonyl (C=O) groups excluding carboxylic acids is 1. The number of aliphatic carboxylic acids is 1. The Morgan fingerprint density at radius 2 is 2.00 bits per heavy atom. The molecule has 2 heterocycles. The van der Waals surface area contributed by atoms with Crippen LogP contribution in [0.5, 0.6) is 0 Å². The number of likely N-dealkylation sites (tertiary alicyclic amines) is 1. The van der Waals surface area contributed by atoms with E-state index < -0.39 is 12.0 Å². The van der Waals surface area contributed by atoms with Gasteiger partial charge in [0.15, 0.2) is 0 Å². The molecule has 21 heavy (non-hydrogen) atoms. The predicted molar refractivity (Wildman–Crippen MR) is 77.4 cm³/mol. The van der Waals surface area contributed by atoms with Crippen LogP contribution in [-0.2, 0) is 4.79 Å². The van der Waals surface area contributed by atoms with Crippen LogP contribution in [0.25, 0.3) is 11.0 Å². The Kier molecular flexibility index (Phi) is 3.20. The van der Waals surface area contributed by atoms with Gasteiger partial charge in [0.25, 0.3) is 5.91 Å². The number of rotatable bonds is 2. The Morgan fingerprint density at radius 1 is 1.29 bits per heavy atom. The maximum Gasteiger partial charge on any atom is 0.326 e. The number of carbonyl (C=O) groups is 2. The highest BCUT2D eigenvalue weighted by atomic mass is 16.4. The number of amides is 1.